The highest BCUT2D eigenvalue weighted by molar-refractivity contribution is 5.95. The molecule has 0 saturated carbocycles. The Morgan fingerprint density at radius 1 is 1.09 bits per heavy atom. The van der Waals surface area contributed by atoms with Crippen molar-refractivity contribution in [3.05, 3.63) is 42.2 Å². The molecule has 4 heterocycles. The number of rotatable bonds is 6. The molecule has 2 aliphatic rings. The van der Waals surface area contributed by atoms with Gasteiger partial charge in [0.15, 0.2) is 5.65 Å². The van der Waals surface area contributed by atoms with Gasteiger partial charge in [-0.2, -0.15) is 13.9 Å². The summed E-state index contributed by atoms with van der Waals surface area (Å²) in [4.78, 5) is 25.3. The molecule has 12 heteroatoms. The molecule has 1 spiro atoms. The second-order valence-electron chi connectivity index (χ2n) is 8.39. The summed E-state index contributed by atoms with van der Waals surface area (Å²) in [5.41, 5.74) is 1.11. The lowest BCUT2D eigenvalue weighted by molar-refractivity contribution is -0.0498. The number of aromatic nitrogens is 4. The lowest BCUT2D eigenvalue weighted by Gasteiger charge is -2.48. The highest BCUT2D eigenvalue weighted by atomic mass is 19.3. The third-order valence-electron chi connectivity index (χ3n) is 6.07. The van der Waals surface area contributed by atoms with E-state index in [0.29, 0.717) is 48.7 Å². The molecule has 2 aliphatic heterocycles. The van der Waals surface area contributed by atoms with Gasteiger partial charge in [0, 0.05) is 37.2 Å². The number of likely N-dealkylation sites (tertiary alicyclic amines) is 1. The molecule has 1 amide bonds. The first-order chi connectivity index (χ1) is 15.8. The van der Waals surface area contributed by atoms with Crippen LogP contribution in [0.2, 0.25) is 0 Å². The van der Waals surface area contributed by atoms with Crippen molar-refractivity contribution in [1.29, 1.82) is 0 Å². The minimum absolute atomic E-state index is 0.000959. The van der Waals surface area contributed by atoms with E-state index in [1.807, 2.05) is 4.90 Å². The van der Waals surface area contributed by atoms with Crippen molar-refractivity contribution >= 4 is 22.9 Å². The van der Waals surface area contributed by atoms with E-state index in [0.717, 1.165) is 11.1 Å². The van der Waals surface area contributed by atoms with Crippen LogP contribution in [-0.4, -0.2) is 69.8 Å². The normalized spacial score (nSPS) is 17.4. The van der Waals surface area contributed by atoms with Crippen LogP contribution < -0.4 is 9.64 Å². The molecule has 0 N–H and O–H groups in total. The van der Waals surface area contributed by atoms with Crippen LogP contribution in [0.15, 0.2) is 36.7 Å². The van der Waals surface area contributed by atoms with Crippen molar-refractivity contribution in [2.75, 3.05) is 31.1 Å². The third-order valence-corrected chi connectivity index (χ3v) is 6.07. The van der Waals surface area contributed by atoms with Gasteiger partial charge in [-0.15, -0.1) is 0 Å². The highest BCUT2D eigenvalue weighted by Crippen LogP contribution is 2.41. The van der Waals surface area contributed by atoms with E-state index in [-0.39, 0.29) is 17.1 Å². The first-order valence-corrected chi connectivity index (χ1v) is 10.4. The van der Waals surface area contributed by atoms with Gasteiger partial charge in [0.1, 0.15) is 23.6 Å². The topological polar surface area (TPSA) is 76.4 Å². The lowest BCUT2D eigenvalue weighted by Crippen LogP contribution is -2.59. The van der Waals surface area contributed by atoms with Crippen LogP contribution >= 0.6 is 0 Å². The van der Waals surface area contributed by atoms with Crippen LogP contribution in [0.3, 0.4) is 0 Å². The lowest BCUT2D eigenvalue weighted by atomic mass is 9.78. The molecule has 3 aromatic rings. The molecule has 2 fully saturated rings. The second kappa shape index (κ2) is 8.16. The van der Waals surface area contributed by atoms with Crippen molar-refractivity contribution in [1.82, 2.24) is 24.6 Å². The summed E-state index contributed by atoms with van der Waals surface area (Å²) in [6.07, 6.45) is 1.34. The molecule has 33 heavy (non-hydrogen) atoms. The maximum Gasteiger partial charge on any atom is 0.387 e. The Hall–Kier alpha value is -3.44. The largest absolute Gasteiger partial charge is 0.435 e. The van der Waals surface area contributed by atoms with Gasteiger partial charge in [-0.3, -0.25) is 4.79 Å². The fraction of sp³-hybridized carbons (Fsp3) is 0.429. The summed E-state index contributed by atoms with van der Waals surface area (Å²) in [7, 11) is 0. The Balaban J connectivity index is 1.23. The second-order valence-corrected chi connectivity index (χ2v) is 8.39. The van der Waals surface area contributed by atoms with Crippen molar-refractivity contribution < 1.29 is 27.1 Å². The van der Waals surface area contributed by atoms with E-state index in [1.165, 1.54) is 30.5 Å². The number of amides is 1. The molecule has 0 bridgehead atoms. The van der Waals surface area contributed by atoms with E-state index in [1.54, 1.807) is 11.1 Å². The number of fused-ring (bicyclic) bond motifs is 1. The van der Waals surface area contributed by atoms with Crippen molar-refractivity contribution in [2.24, 2.45) is 5.41 Å². The summed E-state index contributed by atoms with van der Waals surface area (Å²) >= 11 is 0. The van der Waals surface area contributed by atoms with E-state index < -0.39 is 19.6 Å². The fourth-order valence-corrected chi connectivity index (χ4v) is 4.51. The predicted octanol–water partition coefficient (Wildman–Crippen LogP) is 3.05. The quantitative estimate of drug-likeness (QED) is 0.522. The molecular weight excluding hydrogens is 444 g/mol. The van der Waals surface area contributed by atoms with Crippen molar-refractivity contribution in [3.63, 3.8) is 0 Å². The van der Waals surface area contributed by atoms with Gasteiger partial charge in [0.2, 0.25) is 0 Å². The maximum absolute atomic E-state index is 12.8. The van der Waals surface area contributed by atoms with E-state index in [4.69, 9.17) is 0 Å². The molecule has 2 saturated heterocycles. The maximum atomic E-state index is 12.8. The van der Waals surface area contributed by atoms with Crippen molar-refractivity contribution in [3.8, 4) is 5.75 Å². The molecule has 0 aliphatic carbocycles. The molecular formula is C21H20F4N6O2. The van der Waals surface area contributed by atoms with E-state index in [9.17, 15) is 22.4 Å². The number of nitrogens with zero attached hydrogens (tertiary/aromatic N) is 6. The summed E-state index contributed by atoms with van der Waals surface area (Å²) in [6.45, 7) is -0.945. The SMILES string of the molecule is O=C(c1ccc(OC(F)F)cc1)N1CC2(CCN(c3cnc4cnn(CC(F)F)c4n3)C2)C1. The average Bonchev–Trinajstić information content (AvgIpc) is 3.37. The summed E-state index contributed by atoms with van der Waals surface area (Å²) in [6, 6.07) is 5.64. The highest BCUT2D eigenvalue weighted by Gasteiger charge is 2.49. The zero-order chi connectivity index (χ0) is 23.2. The summed E-state index contributed by atoms with van der Waals surface area (Å²) in [5, 5.41) is 3.94. The molecule has 5 rings (SSSR count). The van der Waals surface area contributed by atoms with Crippen LogP contribution in [0.5, 0.6) is 5.75 Å². The van der Waals surface area contributed by atoms with E-state index >= 15 is 0 Å². The van der Waals surface area contributed by atoms with E-state index in [2.05, 4.69) is 19.8 Å². The summed E-state index contributed by atoms with van der Waals surface area (Å²) in [5.74, 6) is 0.426. The van der Waals surface area contributed by atoms with Crippen LogP contribution in [0, 0.1) is 5.41 Å². The van der Waals surface area contributed by atoms with Gasteiger partial charge < -0.3 is 14.5 Å². The molecule has 0 atom stereocenters. The Morgan fingerprint density at radius 3 is 2.55 bits per heavy atom. The minimum Gasteiger partial charge on any atom is -0.435 e. The molecule has 2 aromatic heterocycles. The molecule has 0 unspecified atom stereocenters. The molecule has 174 valence electrons. The van der Waals surface area contributed by atoms with Gasteiger partial charge in [0.25, 0.3) is 12.3 Å². The summed E-state index contributed by atoms with van der Waals surface area (Å²) < 4.78 is 55.6. The predicted molar refractivity (Wildman–Crippen MR) is 110 cm³/mol. The average molecular weight is 464 g/mol. The number of anilines is 1. The third kappa shape index (κ3) is 4.16. The van der Waals surface area contributed by atoms with Crippen LogP contribution in [0.25, 0.3) is 11.2 Å². The zero-order valence-corrected chi connectivity index (χ0v) is 17.4. The molecule has 8 nitrogen and oxygen atoms in total. The first kappa shape index (κ1) is 21.4. The molecule has 1 aromatic carbocycles. The smallest absolute Gasteiger partial charge is 0.387 e. The minimum atomic E-state index is -2.91. The number of hydrogen-bond donors (Lipinski definition) is 0. The Labute approximate surface area is 185 Å². The fourth-order valence-electron chi connectivity index (χ4n) is 4.51. The monoisotopic (exact) mass is 464 g/mol. The number of benzene rings is 1. The van der Waals surface area contributed by atoms with Gasteiger partial charge >= 0.3 is 6.61 Å². The zero-order valence-electron chi connectivity index (χ0n) is 17.4. The Kier molecular flexibility index (Phi) is 5.29. The number of hydrogen-bond acceptors (Lipinski definition) is 6. The number of carbonyl (C=O) groups is 1. The number of ether oxygens (including phenoxy) is 1. The van der Waals surface area contributed by atoms with Gasteiger partial charge in [-0.1, -0.05) is 0 Å². The van der Waals surface area contributed by atoms with Crippen LogP contribution in [-0.2, 0) is 6.54 Å². The van der Waals surface area contributed by atoms with Gasteiger partial charge in [0.05, 0.1) is 12.4 Å². The first-order valence-electron chi connectivity index (χ1n) is 10.4. The molecule has 0 radical (unpaired) electrons. The van der Waals surface area contributed by atoms with Crippen molar-refractivity contribution in [2.45, 2.75) is 26.0 Å². The van der Waals surface area contributed by atoms with Gasteiger partial charge in [-0.25, -0.2) is 23.4 Å². The number of carbonyl (C=O) groups excluding carboxylic acids is 1. The van der Waals surface area contributed by atoms with Gasteiger partial charge in [-0.05, 0) is 30.7 Å². The number of alkyl halides is 4. The van der Waals surface area contributed by atoms with Crippen LogP contribution in [0.4, 0.5) is 23.4 Å². The Morgan fingerprint density at radius 2 is 1.85 bits per heavy atom. The Bertz CT molecular complexity index is 1160. The standard InChI is InChI=1S/C21H20F4N6O2/c22-16(23)9-31-18-15(7-27-31)26-8-17(28-18)29-6-5-21(10-29)11-30(12-21)19(32)13-1-3-14(4-2-13)33-20(24)25/h1-4,7-8,16,20H,5-6,9-12H2. The number of halogens is 4. The van der Waals surface area contributed by atoms with Crippen LogP contribution in [0.1, 0.15) is 16.8 Å².